The van der Waals surface area contributed by atoms with Gasteiger partial charge in [0.25, 0.3) is 11.8 Å². The van der Waals surface area contributed by atoms with Crippen LogP contribution in [0.1, 0.15) is 47.3 Å². The van der Waals surface area contributed by atoms with Crippen LogP contribution in [0.25, 0.3) is 0 Å². The average molecular weight is 834 g/mol. The molecule has 256 valence electrons. The van der Waals surface area contributed by atoms with Crippen molar-refractivity contribution in [2.45, 2.75) is 36.1 Å². The molecular formula is C34H22Br2F4N4O5S. The van der Waals surface area contributed by atoms with Crippen molar-refractivity contribution in [1.82, 2.24) is 21.3 Å². The molecule has 4 heterocycles. The van der Waals surface area contributed by atoms with Crippen LogP contribution in [0.3, 0.4) is 0 Å². The van der Waals surface area contributed by atoms with E-state index in [2.05, 4.69) is 53.1 Å². The molecular weight excluding hydrogens is 812 g/mol. The van der Waals surface area contributed by atoms with Crippen molar-refractivity contribution in [2.75, 3.05) is 0 Å². The number of hydrogen-bond donors (Lipinski definition) is 4. The topological polar surface area (TPSA) is 118 Å². The SMILES string of the molecule is O=C1NC(=O)C2(CC(c3cccc(F)c3F)Oc3ccc(Br)cc32)N1.O=C1NC(=S)NC12CC(c1cccc(F)c1F)Oc1ccc(Br)cc12. The molecule has 0 radical (unpaired) electrons. The van der Waals surface area contributed by atoms with Gasteiger partial charge in [0.2, 0.25) is 0 Å². The number of benzene rings is 4. The minimum atomic E-state index is -1.40. The zero-order chi connectivity index (χ0) is 35.5. The van der Waals surface area contributed by atoms with Crippen molar-refractivity contribution < 1.29 is 41.4 Å². The highest BCUT2D eigenvalue weighted by Gasteiger charge is 2.55. The largest absolute Gasteiger partial charge is 0.485 e. The second-order valence-electron chi connectivity index (χ2n) is 11.8. The quantitative estimate of drug-likeness (QED) is 0.101. The van der Waals surface area contributed by atoms with Crippen molar-refractivity contribution in [3.63, 3.8) is 0 Å². The third kappa shape index (κ3) is 5.68. The van der Waals surface area contributed by atoms with E-state index in [9.17, 15) is 31.9 Å². The average Bonchev–Trinajstić information content (AvgIpc) is 3.52. The van der Waals surface area contributed by atoms with Gasteiger partial charge in [0.1, 0.15) is 23.7 Å². The number of halogens is 6. The summed E-state index contributed by atoms with van der Waals surface area (Å²) < 4.78 is 68.9. The van der Waals surface area contributed by atoms with Gasteiger partial charge in [-0.15, -0.1) is 0 Å². The third-order valence-electron chi connectivity index (χ3n) is 8.86. The van der Waals surface area contributed by atoms with Crippen LogP contribution in [-0.2, 0) is 20.7 Å². The van der Waals surface area contributed by atoms with E-state index in [1.54, 1.807) is 36.4 Å². The fourth-order valence-corrected chi connectivity index (χ4v) is 7.57. The highest BCUT2D eigenvalue weighted by molar-refractivity contribution is 9.10. The summed E-state index contributed by atoms with van der Waals surface area (Å²) in [5, 5.41) is 10.6. The second-order valence-corrected chi connectivity index (χ2v) is 14.1. The van der Waals surface area contributed by atoms with Crippen molar-refractivity contribution in [1.29, 1.82) is 0 Å². The monoisotopic (exact) mass is 832 g/mol. The standard InChI is InChI=1S/C17H11BrF2N2O3.C17H11BrF2N2O2S/c18-8-4-5-12-10(6-8)17(15(23)21-16(24)22-17)7-13(25-12)9-2-1-3-11(19)14(9)20;18-8-4-5-12-10(6-8)17(15(23)21-16(25)22-17)7-13(24-12)9-2-1-3-11(19)14(9)20/h1-6,13H,7H2,(H2,21,22,23,24);1-6,13H,7H2,(H2,21,22,23,25). The number of nitrogens with one attached hydrogen (secondary N) is 4. The molecule has 4 aromatic carbocycles. The molecule has 4 unspecified atom stereocenters. The van der Waals surface area contributed by atoms with Crippen LogP contribution < -0.4 is 30.7 Å². The van der Waals surface area contributed by atoms with E-state index < -0.39 is 58.5 Å². The number of carbonyl (C=O) groups excluding carboxylic acids is 3. The Morgan fingerprint density at radius 3 is 1.54 bits per heavy atom. The van der Waals surface area contributed by atoms with E-state index in [0.29, 0.717) is 27.1 Å². The molecule has 4 atom stereocenters. The summed E-state index contributed by atoms with van der Waals surface area (Å²) in [4.78, 5) is 37.0. The smallest absolute Gasteiger partial charge is 0.322 e. The number of amides is 4. The summed E-state index contributed by atoms with van der Waals surface area (Å²) in [6.07, 6.45) is -1.77. The van der Waals surface area contributed by atoms with E-state index in [4.69, 9.17) is 21.7 Å². The van der Waals surface area contributed by atoms with E-state index >= 15 is 0 Å². The molecule has 4 N–H and O–H groups in total. The molecule has 4 aromatic rings. The first-order chi connectivity index (χ1) is 23.8. The first-order valence-corrected chi connectivity index (χ1v) is 16.9. The van der Waals surface area contributed by atoms with Crippen LogP contribution in [0, 0.1) is 23.3 Å². The predicted octanol–water partition coefficient (Wildman–Crippen LogP) is 6.74. The van der Waals surface area contributed by atoms with Gasteiger partial charge >= 0.3 is 6.03 Å². The minimum absolute atomic E-state index is 0.0121. The molecule has 2 spiro atoms. The van der Waals surface area contributed by atoms with Crippen LogP contribution in [0.2, 0.25) is 0 Å². The molecule has 16 heteroatoms. The number of rotatable bonds is 2. The molecule has 8 rings (SSSR count). The summed E-state index contributed by atoms with van der Waals surface area (Å²) in [5.74, 6) is -4.15. The molecule has 50 heavy (non-hydrogen) atoms. The van der Waals surface area contributed by atoms with Gasteiger partial charge < -0.3 is 25.4 Å². The second kappa shape index (κ2) is 12.7. The number of urea groups is 1. The highest BCUT2D eigenvalue weighted by Crippen LogP contribution is 2.49. The maximum atomic E-state index is 14.3. The fourth-order valence-electron chi connectivity index (χ4n) is 6.58. The summed E-state index contributed by atoms with van der Waals surface area (Å²) >= 11 is 11.8. The zero-order valence-corrected chi connectivity index (χ0v) is 29.2. The van der Waals surface area contributed by atoms with E-state index in [-0.39, 0.29) is 35.0 Å². The lowest BCUT2D eigenvalue weighted by molar-refractivity contribution is -0.126. The zero-order valence-electron chi connectivity index (χ0n) is 25.2. The van der Waals surface area contributed by atoms with Crippen molar-refractivity contribution >= 4 is 67.0 Å². The molecule has 4 aliphatic heterocycles. The van der Waals surface area contributed by atoms with Gasteiger partial charge in [-0.3, -0.25) is 14.9 Å². The molecule has 2 saturated heterocycles. The first kappa shape index (κ1) is 33.9. The normalized spacial score (nSPS) is 24.5. The molecule has 4 amide bonds. The Morgan fingerprint density at radius 1 is 0.660 bits per heavy atom. The summed E-state index contributed by atoms with van der Waals surface area (Å²) in [6.45, 7) is 0. The number of fused-ring (bicyclic) bond motifs is 4. The van der Waals surface area contributed by atoms with Gasteiger partial charge in [0.05, 0.1) is 0 Å². The number of imide groups is 1. The molecule has 0 bridgehead atoms. The van der Waals surface area contributed by atoms with Crippen molar-refractivity contribution in [3.05, 3.63) is 127 Å². The number of carbonyl (C=O) groups is 3. The Morgan fingerprint density at radius 2 is 1.12 bits per heavy atom. The van der Waals surface area contributed by atoms with Crippen LogP contribution >= 0.6 is 44.1 Å². The maximum absolute atomic E-state index is 14.3. The Bertz CT molecular complexity index is 1990. The highest BCUT2D eigenvalue weighted by atomic mass is 79.9. The number of hydrogen-bond acceptors (Lipinski definition) is 6. The van der Waals surface area contributed by atoms with Gasteiger partial charge in [0, 0.05) is 44.0 Å². The molecule has 2 fully saturated rings. The van der Waals surface area contributed by atoms with Crippen LogP contribution in [0.5, 0.6) is 11.5 Å². The van der Waals surface area contributed by atoms with Crippen molar-refractivity contribution in [2.24, 2.45) is 0 Å². The van der Waals surface area contributed by atoms with Crippen LogP contribution in [0.15, 0.2) is 81.7 Å². The number of ether oxygens (including phenoxy) is 2. The molecule has 0 saturated carbocycles. The Labute approximate surface area is 303 Å². The van der Waals surface area contributed by atoms with Gasteiger partial charge in [0.15, 0.2) is 39.5 Å². The van der Waals surface area contributed by atoms with Crippen molar-refractivity contribution in [3.8, 4) is 11.5 Å². The number of thiocarbonyl (C=S) groups is 1. The Kier molecular flexibility index (Phi) is 8.59. The van der Waals surface area contributed by atoms with Crippen LogP contribution in [0.4, 0.5) is 22.4 Å². The van der Waals surface area contributed by atoms with Gasteiger partial charge in [-0.1, -0.05) is 56.1 Å². The molecule has 0 aliphatic carbocycles. The summed E-state index contributed by atoms with van der Waals surface area (Å²) in [5.41, 5.74) is -1.51. The minimum Gasteiger partial charge on any atom is -0.485 e. The fraction of sp³-hybridized carbons (Fsp3) is 0.176. The van der Waals surface area contributed by atoms with E-state index in [1.165, 1.54) is 24.3 Å². The van der Waals surface area contributed by atoms with E-state index in [0.717, 1.165) is 16.6 Å². The lowest BCUT2D eigenvalue weighted by Gasteiger charge is -2.38. The summed E-state index contributed by atoms with van der Waals surface area (Å²) in [7, 11) is 0. The van der Waals surface area contributed by atoms with E-state index in [1.807, 2.05) is 0 Å². The van der Waals surface area contributed by atoms with Gasteiger partial charge in [-0.2, -0.15) is 0 Å². The Hall–Kier alpha value is -4.54. The van der Waals surface area contributed by atoms with Crippen LogP contribution in [-0.4, -0.2) is 23.0 Å². The first-order valence-electron chi connectivity index (χ1n) is 14.9. The predicted molar refractivity (Wildman–Crippen MR) is 181 cm³/mol. The lowest BCUT2D eigenvalue weighted by Crippen LogP contribution is -2.48. The molecule has 0 aromatic heterocycles. The Balaban J connectivity index is 0.000000157. The molecule has 4 aliphatic rings. The molecule has 9 nitrogen and oxygen atoms in total. The maximum Gasteiger partial charge on any atom is 0.322 e. The van der Waals surface area contributed by atoms with Gasteiger partial charge in [-0.25, -0.2) is 22.4 Å². The lowest BCUT2D eigenvalue weighted by atomic mass is 9.80. The summed E-state index contributed by atoms with van der Waals surface area (Å²) in [6, 6.07) is 17.2. The van der Waals surface area contributed by atoms with Gasteiger partial charge in [-0.05, 0) is 60.7 Å². The third-order valence-corrected chi connectivity index (χ3v) is 10.1.